The van der Waals surface area contributed by atoms with Gasteiger partial charge in [0.05, 0.1) is 0 Å². The predicted molar refractivity (Wildman–Crippen MR) is 170 cm³/mol. The summed E-state index contributed by atoms with van der Waals surface area (Å²) in [5.74, 6) is -2.57. The SMILES string of the molecule is C=CCOOCC(COOCC=C)(COOCC(=C)C)OC(=O)NCN=COOC(COC(=O)C=C)(COC(=O)C=C)COC(=O)C(=C)C. The second kappa shape index (κ2) is 26.3. The van der Waals surface area contributed by atoms with Gasteiger partial charge in [0, 0.05) is 17.7 Å². The number of aliphatic imine (C=N–C) groups is 1. The third kappa shape index (κ3) is 21.7. The number of nitrogens with zero attached hydrogens (tertiary/aromatic N) is 1. The zero-order valence-corrected chi connectivity index (χ0v) is 27.7. The van der Waals surface area contributed by atoms with E-state index in [1.165, 1.54) is 19.1 Å². The highest BCUT2D eigenvalue weighted by atomic mass is 17.2. The van der Waals surface area contributed by atoms with E-state index in [1.807, 2.05) is 0 Å². The van der Waals surface area contributed by atoms with Gasteiger partial charge in [-0.3, -0.25) is 0 Å². The van der Waals surface area contributed by atoms with Crippen LogP contribution in [0.25, 0.3) is 0 Å². The third-order valence-electron chi connectivity index (χ3n) is 4.96. The lowest BCUT2D eigenvalue weighted by molar-refractivity contribution is -0.371. The van der Waals surface area contributed by atoms with Crippen LogP contribution in [0.2, 0.25) is 0 Å². The van der Waals surface area contributed by atoms with Gasteiger partial charge in [-0.2, -0.15) is 4.89 Å². The van der Waals surface area contributed by atoms with Crippen molar-refractivity contribution in [1.82, 2.24) is 5.32 Å². The molecule has 0 spiro atoms. The van der Waals surface area contributed by atoms with E-state index in [-0.39, 0.29) is 25.4 Å². The zero-order valence-electron chi connectivity index (χ0n) is 27.7. The number of rotatable bonds is 30. The topological polar surface area (TPSA) is 203 Å². The van der Waals surface area contributed by atoms with Crippen LogP contribution in [0.4, 0.5) is 4.79 Å². The molecule has 0 atom stereocenters. The molecule has 0 rings (SSSR count). The summed E-state index contributed by atoms with van der Waals surface area (Å²) in [4.78, 5) is 92.8. The summed E-state index contributed by atoms with van der Waals surface area (Å²) in [6.07, 6.45) is 4.29. The van der Waals surface area contributed by atoms with Gasteiger partial charge in [-0.1, -0.05) is 44.0 Å². The summed E-state index contributed by atoms with van der Waals surface area (Å²) in [6, 6.07) is 0. The number of ether oxygens (including phenoxy) is 4. The highest BCUT2D eigenvalue weighted by Crippen LogP contribution is 2.18. The van der Waals surface area contributed by atoms with E-state index in [2.05, 4.69) is 49.8 Å². The van der Waals surface area contributed by atoms with Crippen LogP contribution in [0.5, 0.6) is 0 Å². The highest BCUT2D eigenvalue weighted by molar-refractivity contribution is 5.87. The van der Waals surface area contributed by atoms with Crippen LogP contribution >= 0.6 is 0 Å². The number of esters is 3. The Labute approximate surface area is 284 Å². The lowest BCUT2D eigenvalue weighted by atomic mass is 10.1. The molecule has 1 N–H and O–H groups in total. The Hall–Kier alpha value is -4.69. The molecule has 274 valence electrons. The van der Waals surface area contributed by atoms with Crippen LogP contribution in [0.15, 0.2) is 79.9 Å². The van der Waals surface area contributed by atoms with Crippen LogP contribution in [0, 0.1) is 0 Å². The van der Waals surface area contributed by atoms with E-state index >= 15 is 0 Å². The van der Waals surface area contributed by atoms with Crippen LogP contribution in [0.3, 0.4) is 0 Å². The van der Waals surface area contributed by atoms with E-state index in [4.69, 9.17) is 58.0 Å². The minimum absolute atomic E-state index is 0.0187. The van der Waals surface area contributed by atoms with Crippen molar-refractivity contribution in [3.8, 4) is 0 Å². The lowest BCUT2D eigenvalue weighted by Gasteiger charge is -2.30. The fraction of sp³-hybridized carbons (Fsp3) is 0.452. The monoisotopic (exact) mass is 700 g/mol. The summed E-state index contributed by atoms with van der Waals surface area (Å²) in [7, 11) is 0. The van der Waals surface area contributed by atoms with Gasteiger partial charge >= 0.3 is 24.0 Å². The number of hydrogen-bond donors (Lipinski definition) is 1. The number of carbonyl (C=O) groups excluding carboxylic acids is 4. The van der Waals surface area contributed by atoms with E-state index in [0.29, 0.717) is 5.57 Å². The van der Waals surface area contributed by atoms with E-state index in [1.54, 1.807) is 6.92 Å². The number of hydrogen-bond acceptors (Lipinski definition) is 17. The fourth-order valence-electron chi connectivity index (χ4n) is 2.57. The average Bonchev–Trinajstić information content (AvgIpc) is 3.08. The summed E-state index contributed by atoms with van der Waals surface area (Å²) < 4.78 is 20.7. The van der Waals surface area contributed by atoms with Gasteiger partial charge in [0.2, 0.25) is 12.0 Å². The smallest absolute Gasteiger partial charge is 0.409 e. The fourth-order valence-corrected chi connectivity index (χ4v) is 2.57. The number of alkyl carbamates (subject to hydrolysis) is 1. The van der Waals surface area contributed by atoms with E-state index in [0.717, 1.165) is 18.6 Å². The summed E-state index contributed by atoms with van der Waals surface area (Å²) >= 11 is 0. The molecular weight excluding hydrogens is 656 g/mol. The normalized spacial score (nSPS) is 11.1. The standard InChI is InChI=1S/C31H44N2O16/c1-9-13-41-44-19-30(20-45-42-14-10-2,21-46-43-15-24(5)6)48-29(37)33-22-32-23-47-49-31(16-38-26(34)11-3,17-39-27(35)12-4)18-40-28(36)25(7)8/h9-12,23H,1-5,7,13-22H2,6,8H3,(H,33,37). The Morgan fingerprint density at radius 1 is 0.694 bits per heavy atom. The lowest BCUT2D eigenvalue weighted by Crippen LogP contribution is -2.50. The van der Waals surface area contributed by atoms with Crippen molar-refractivity contribution >= 4 is 30.4 Å². The molecule has 49 heavy (non-hydrogen) atoms. The van der Waals surface area contributed by atoms with E-state index < -0.39 is 81.5 Å². The predicted octanol–water partition coefficient (Wildman–Crippen LogP) is 2.49. The third-order valence-corrected chi connectivity index (χ3v) is 4.96. The maximum Gasteiger partial charge on any atom is 0.409 e. The average molecular weight is 701 g/mol. The minimum atomic E-state index is -1.89. The Bertz CT molecular complexity index is 1110. The zero-order chi connectivity index (χ0) is 37.0. The Kier molecular flexibility index (Phi) is 23.8. The van der Waals surface area contributed by atoms with Crippen LogP contribution < -0.4 is 5.32 Å². The molecule has 18 nitrogen and oxygen atoms in total. The Morgan fingerprint density at radius 3 is 1.67 bits per heavy atom. The number of carbonyl (C=O) groups is 4. The van der Waals surface area contributed by atoms with Crippen molar-refractivity contribution in [1.29, 1.82) is 0 Å². The molecule has 0 aliphatic rings. The first kappa shape index (κ1) is 44.3. The maximum atomic E-state index is 12.7. The van der Waals surface area contributed by atoms with Gasteiger partial charge in [-0.25, -0.2) is 53.5 Å². The highest BCUT2D eigenvalue weighted by Gasteiger charge is 2.40. The van der Waals surface area contributed by atoms with Crippen molar-refractivity contribution in [2.45, 2.75) is 25.0 Å². The maximum absolute atomic E-state index is 12.7. The first-order valence-electron chi connectivity index (χ1n) is 14.2. The molecule has 0 bridgehead atoms. The molecule has 0 fully saturated rings. The Balaban J connectivity index is 5.65. The van der Waals surface area contributed by atoms with Crippen molar-refractivity contribution in [3.63, 3.8) is 0 Å². The molecule has 0 saturated carbocycles. The van der Waals surface area contributed by atoms with Crippen molar-refractivity contribution < 1.29 is 77.2 Å². The molecule has 0 aromatic carbocycles. The summed E-state index contributed by atoms with van der Waals surface area (Å²) in [6.45, 7) is 20.4. The van der Waals surface area contributed by atoms with Gasteiger partial charge in [0.1, 0.15) is 66.1 Å². The molecule has 1 amide bonds. The van der Waals surface area contributed by atoms with Crippen LogP contribution in [-0.2, 0) is 72.4 Å². The molecule has 0 radical (unpaired) electrons. The van der Waals surface area contributed by atoms with Crippen molar-refractivity contribution in [3.05, 3.63) is 74.9 Å². The molecule has 0 aliphatic carbocycles. The van der Waals surface area contributed by atoms with Gasteiger partial charge in [-0.05, 0) is 13.8 Å². The molecule has 0 heterocycles. The number of nitrogens with one attached hydrogen (secondary N) is 1. The first-order chi connectivity index (χ1) is 23.4. The molecule has 0 saturated heterocycles. The summed E-state index contributed by atoms with van der Waals surface area (Å²) in [5, 5.41) is 2.33. The molecule has 18 heteroatoms. The second-order valence-corrected chi connectivity index (χ2v) is 9.69. The molecule has 0 aliphatic heterocycles. The van der Waals surface area contributed by atoms with Crippen molar-refractivity contribution in [2.24, 2.45) is 4.99 Å². The van der Waals surface area contributed by atoms with Crippen LogP contribution in [-0.4, -0.2) is 108 Å². The van der Waals surface area contributed by atoms with E-state index in [9.17, 15) is 19.2 Å². The Morgan fingerprint density at radius 2 is 1.20 bits per heavy atom. The van der Waals surface area contributed by atoms with Crippen molar-refractivity contribution in [2.75, 3.05) is 66.1 Å². The first-order valence-corrected chi connectivity index (χ1v) is 14.2. The van der Waals surface area contributed by atoms with Crippen LogP contribution in [0.1, 0.15) is 13.8 Å². The molecule has 0 aromatic heterocycles. The minimum Gasteiger partial charge on any atom is -0.459 e. The molecular formula is C31H44N2O16. The quantitative estimate of drug-likeness (QED) is 0.0132. The molecule has 0 unspecified atom stereocenters. The number of amides is 1. The van der Waals surface area contributed by atoms with Gasteiger partial charge in [-0.15, -0.1) is 13.2 Å². The van der Waals surface area contributed by atoms with Gasteiger partial charge < -0.3 is 29.2 Å². The molecule has 0 aromatic rings. The van der Waals surface area contributed by atoms with Gasteiger partial charge in [0.15, 0.2) is 5.60 Å². The second-order valence-electron chi connectivity index (χ2n) is 9.69. The summed E-state index contributed by atoms with van der Waals surface area (Å²) in [5.41, 5.74) is -2.88. The van der Waals surface area contributed by atoms with Gasteiger partial charge in [0.25, 0.3) is 0 Å². The largest absolute Gasteiger partial charge is 0.459 e.